The minimum Gasteiger partial charge on any atom is -0.338 e. The van der Waals surface area contributed by atoms with E-state index in [-0.39, 0.29) is 11.4 Å². The van der Waals surface area contributed by atoms with Crippen LogP contribution in [0.5, 0.6) is 0 Å². The Hall–Kier alpha value is -1.53. The molecule has 0 spiro atoms. The summed E-state index contributed by atoms with van der Waals surface area (Å²) in [6.07, 6.45) is 2.47. The van der Waals surface area contributed by atoms with Crippen molar-refractivity contribution in [3.63, 3.8) is 0 Å². The SMILES string of the molecule is Cc1cc(C(F)(F)F)nn1C(C)C(=O)N(C)C12CC3CC(CC(C3)C1)C2. The number of likely N-dealkylation sites (N-methyl/N-ethyl adjacent to an activating group) is 1. The fourth-order valence-corrected chi connectivity index (χ4v) is 6.11. The quantitative estimate of drug-likeness (QED) is 0.801. The molecule has 144 valence electrons. The number of hydrogen-bond donors (Lipinski definition) is 0. The van der Waals surface area contributed by atoms with Crippen LogP contribution in [0.1, 0.15) is 62.9 Å². The minimum atomic E-state index is -4.50. The molecule has 26 heavy (non-hydrogen) atoms. The first-order valence-corrected chi connectivity index (χ1v) is 9.50. The molecule has 4 fully saturated rings. The molecule has 7 heteroatoms. The summed E-state index contributed by atoms with van der Waals surface area (Å²) in [5.41, 5.74) is -0.683. The van der Waals surface area contributed by atoms with Crippen molar-refractivity contribution in [1.82, 2.24) is 14.7 Å². The first-order valence-electron chi connectivity index (χ1n) is 9.50. The van der Waals surface area contributed by atoms with Gasteiger partial charge in [0.1, 0.15) is 6.04 Å². The lowest BCUT2D eigenvalue weighted by molar-refractivity contribution is -0.151. The Kier molecular flexibility index (Phi) is 3.94. The van der Waals surface area contributed by atoms with Gasteiger partial charge in [-0.2, -0.15) is 18.3 Å². The molecule has 0 saturated heterocycles. The van der Waals surface area contributed by atoms with Gasteiger partial charge in [-0.05, 0) is 76.2 Å². The van der Waals surface area contributed by atoms with Crippen molar-refractivity contribution in [3.8, 4) is 0 Å². The zero-order valence-electron chi connectivity index (χ0n) is 15.5. The van der Waals surface area contributed by atoms with Gasteiger partial charge in [0.25, 0.3) is 0 Å². The van der Waals surface area contributed by atoms with E-state index in [1.54, 1.807) is 13.8 Å². The van der Waals surface area contributed by atoms with Crippen LogP contribution in [0.4, 0.5) is 13.2 Å². The van der Waals surface area contributed by atoms with Crippen molar-refractivity contribution in [2.45, 2.75) is 70.1 Å². The van der Waals surface area contributed by atoms with E-state index in [9.17, 15) is 18.0 Å². The van der Waals surface area contributed by atoms with Gasteiger partial charge in [-0.25, -0.2) is 0 Å². The van der Waals surface area contributed by atoms with E-state index in [2.05, 4.69) is 5.10 Å². The molecule has 0 radical (unpaired) electrons. The maximum Gasteiger partial charge on any atom is 0.435 e. The lowest BCUT2D eigenvalue weighted by atomic mass is 9.52. The Morgan fingerprint density at radius 2 is 1.73 bits per heavy atom. The van der Waals surface area contributed by atoms with Crippen molar-refractivity contribution in [2.75, 3.05) is 7.05 Å². The molecule has 1 amide bonds. The highest BCUT2D eigenvalue weighted by atomic mass is 19.4. The minimum absolute atomic E-state index is 0.103. The van der Waals surface area contributed by atoms with Crippen LogP contribution in [0, 0.1) is 24.7 Å². The fraction of sp³-hybridized carbons (Fsp3) is 0.789. The Bertz CT molecular complexity index is 689. The third kappa shape index (κ3) is 2.74. The molecule has 1 unspecified atom stereocenters. The first-order chi connectivity index (χ1) is 12.1. The predicted molar refractivity (Wildman–Crippen MR) is 90.4 cm³/mol. The lowest BCUT2D eigenvalue weighted by Gasteiger charge is -2.60. The number of aryl methyl sites for hydroxylation is 1. The highest BCUT2D eigenvalue weighted by molar-refractivity contribution is 5.80. The third-order valence-corrected chi connectivity index (χ3v) is 6.99. The van der Waals surface area contributed by atoms with Crippen molar-refractivity contribution in [2.24, 2.45) is 17.8 Å². The lowest BCUT2D eigenvalue weighted by Crippen LogP contribution is -2.61. The highest BCUT2D eigenvalue weighted by Gasteiger charge is 2.54. The van der Waals surface area contributed by atoms with E-state index in [0.717, 1.165) is 25.3 Å². The van der Waals surface area contributed by atoms with Crippen LogP contribution in [0.3, 0.4) is 0 Å². The van der Waals surface area contributed by atoms with Gasteiger partial charge in [0.05, 0.1) is 0 Å². The molecule has 1 aromatic rings. The molecule has 4 aliphatic rings. The Balaban J connectivity index is 1.57. The summed E-state index contributed by atoms with van der Waals surface area (Å²) in [5, 5.41) is 3.67. The molecule has 1 atom stereocenters. The maximum absolute atomic E-state index is 13.2. The van der Waals surface area contributed by atoms with Crippen LogP contribution >= 0.6 is 0 Å². The second-order valence-corrected chi connectivity index (χ2v) is 8.83. The number of amides is 1. The van der Waals surface area contributed by atoms with Crippen LogP contribution in [0.2, 0.25) is 0 Å². The summed E-state index contributed by atoms with van der Waals surface area (Å²) in [7, 11) is 1.84. The highest BCUT2D eigenvalue weighted by Crippen LogP contribution is 2.57. The smallest absolute Gasteiger partial charge is 0.338 e. The van der Waals surface area contributed by atoms with Gasteiger partial charge in [-0.3, -0.25) is 9.48 Å². The number of rotatable bonds is 3. The van der Waals surface area contributed by atoms with E-state index >= 15 is 0 Å². The fourth-order valence-electron chi connectivity index (χ4n) is 6.11. The molecule has 4 saturated carbocycles. The Labute approximate surface area is 151 Å². The van der Waals surface area contributed by atoms with E-state index in [1.807, 2.05) is 11.9 Å². The molecule has 1 heterocycles. The van der Waals surface area contributed by atoms with Crippen molar-refractivity contribution in [1.29, 1.82) is 0 Å². The van der Waals surface area contributed by atoms with E-state index < -0.39 is 17.9 Å². The summed E-state index contributed by atoms with van der Waals surface area (Å²) < 4.78 is 40.0. The monoisotopic (exact) mass is 369 g/mol. The Morgan fingerprint density at radius 1 is 1.23 bits per heavy atom. The molecule has 4 nitrogen and oxygen atoms in total. The summed E-state index contributed by atoms with van der Waals surface area (Å²) in [5.74, 6) is 1.98. The van der Waals surface area contributed by atoms with Gasteiger partial charge < -0.3 is 4.90 Å². The van der Waals surface area contributed by atoms with E-state index in [0.29, 0.717) is 23.4 Å². The van der Waals surface area contributed by atoms with Gasteiger partial charge in [-0.1, -0.05) is 0 Å². The number of carbonyl (C=O) groups excluding carboxylic acids is 1. The summed E-state index contributed by atoms with van der Waals surface area (Å²) in [6.45, 7) is 3.22. The molecule has 4 bridgehead atoms. The van der Waals surface area contributed by atoms with Gasteiger partial charge in [0, 0.05) is 18.3 Å². The maximum atomic E-state index is 13.2. The molecule has 0 N–H and O–H groups in total. The number of aromatic nitrogens is 2. The standard InChI is InChI=1S/C19H26F3N3O/c1-11-4-16(19(20,21)22)23-25(11)12(2)17(26)24(3)18-8-13-5-14(9-18)7-15(6-13)10-18/h4,12-15H,5-10H2,1-3H3. The molecular weight excluding hydrogens is 343 g/mol. The molecule has 1 aromatic heterocycles. The molecule has 4 aliphatic carbocycles. The summed E-state index contributed by atoms with van der Waals surface area (Å²) in [6, 6.07) is 0.276. The number of carbonyl (C=O) groups is 1. The molecule has 0 aliphatic heterocycles. The largest absolute Gasteiger partial charge is 0.435 e. The van der Waals surface area contributed by atoms with Crippen LogP contribution < -0.4 is 0 Å². The number of alkyl halides is 3. The van der Waals surface area contributed by atoms with Gasteiger partial charge in [-0.15, -0.1) is 0 Å². The average molecular weight is 369 g/mol. The Morgan fingerprint density at radius 3 is 2.15 bits per heavy atom. The zero-order chi connectivity index (χ0) is 18.9. The summed E-state index contributed by atoms with van der Waals surface area (Å²) in [4.78, 5) is 15.0. The third-order valence-electron chi connectivity index (χ3n) is 6.99. The average Bonchev–Trinajstić information content (AvgIpc) is 2.93. The second-order valence-electron chi connectivity index (χ2n) is 8.83. The number of hydrogen-bond acceptors (Lipinski definition) is 2. The van der Waals surface area contributed by atoms with Crippen LogP contribution in [-0.4, -0.2) is 33.2 Å². The van der Waals surface area contributed by atoms with Gasteiger partial charge >= 0.3 is 6.18 Å². The van der Waals surface area contributed by atoms with Crippen LogP contribution in [0.15, 0.2) is 6.07 Å². The van der Waals surface area contributed by atoms with Crippen molar-refractivity contribution >= 4 is 5.91 Å². The number of halogens is 3. The second kappa shape index (κ2) is 5.73. The van der Waals surface area contributed by atoms with Crippen LogP contribution in [-0.2, 0) is 11.0 Å². The molecule has 5 rings (SSSR count). The normalized spacial score (nSPS) is 34.2. The zero-order valence-corrected chi connectivity index (χ0v) is 15.5. The summed E-state index contributed by atoms with van der Waals surface area (Å²) >= 11 is 0. The van der Waals surface area contributed by atoms with Gasteiger partial charge in [0.2, 0.25) is 5.91 Å². The van der Waals surface area contributed by atoms with Crippen molar-refractivity contribution in [3.05, 3.63) is 17.5 Å². The van der Waals surface area contributed by atoms with Crippen LogP contribution in [0.25, 0.3) is 0 Å². The number of nitrogens with zero attached hydrogens (tertiary/aromatic N) is 3. The van der Waals surface area contributed by atoms with Crippen molar-refractivity contribution < 1.29 is 18.0 Å². The van der Waals surface area contributed by atoms with E-state index in [1.165, 1.54) is 23.9 Å². The van der Waals surface area contributed by atoms with Gasteiger partial charge in [0.15, 0.2) is 5.69 Å². The van der Waals surface area contributed by atoms with E-state index in [4.69, 9.17) is 0 Å². The first kappa shape index (κ1) is 17.9. The topological polar surface area (TPSA) is 38.1 Å². The molecular formula is C19H26F3N3O. The molecule has 0 aromatic carbocycles. The predicted octanol–water partition coefficient (Wildman–Crippen LogP) is 4.20.